The molecule has 0 bridgehead atoms. The Balaban J connectivity index is 0.000000169. The topological polar surface area (TPSA) is 9.23 Å². The van der Waals surface area contributed by atoms with E-state index in [1.165, 1.54) is 146 Å². The highest BCUT2D eigenvalue weighted by molar-refractivity contribution is 5.30. The molecule has 0 spiro atoms. The Labute approximate surface area is 367 Å². The SMILES string of the molecule is CCCC1CCC(C2CCC(c3ccc(C)cc3)CC2)CC1.CCCC1CCC(c2ccc(OCC)cc2)CC1.CCCCC1CCC(C2CCC(CCC)CC2)CC1. The minimum atomic E-state index is 0.751. The molecule has 0 aromatic heterocycles. The van der Waals surface area contributed by atoms with Crippen molar-refractivity contribution < 1.29 is 4.74 Å². The van der Waals surface area contributed by atoms with Gasteiger partial charge >= 0.3 is 0 Å². The van der Waals surface area contributed by atoms with Gasteiger partial charge in [-0.05, 0) is 186 Å². The number of ether oxygens (including phenoxy) is 1. The van der Waals surface area contributed by atoms with Crippen LogP contribution in [0.15, 0.2) is 48.5 Å². The summed E-state index contributed by atoms with van der Waals surface area (Å²) in [6.07, 6.45) is 42.9. The molecule has 0 radical (unpaired) electrons. The van der Waals surface area contributed by atoms with Crippen LogP contribution in [0.3, 0.4) is 0 Å². The van der Waals surface area contributed by atoms with E-state index in [9.17, 15) is 0 Å². The number of aryl methyl sites for hydroxylation is 1. The fraction of sp³-hybridized carbons (Fsp3) is 0.793. The van der Waals surface area contributed by atoms with Crippen LogP contribution in [0.5, 0.6) is 5.75 Å². The summed E-state index contributed by atoms with van der Waals surface area (Å²) in [6, 6.07) is 18.1. The van der Waals surface area contributed by atoms with E-state index in [1.54, 1.807) is 56.9 Å². The molecule has 0 saturated heterocycles. The quantitative estimate of drug-likeness (QED) is 0.174. The second-order valence-electron chi connectivity index (χ2n) is 21.1. The van der Waals surface area contributed by atoms with Gasteiger partial charge in [-0.3, -0.25) is 0 Å². The van der Waals surface area contributed by atoms with Gasteiger partial charge in [-0.2, -0.15) is 0 Å². The Kier molecular flexibility index (Phi) is 22.4. The van der Waals surface area contributed by atoms with Gasteiger partial charge in [-0.1, -0.05) is 166 Å². The minimum absolute atomic E-state index is 0.751. The van der Waals surface area contributed by atoms with E-state index in [1.807, 2.05) is 6.92 Å². The van der Waals surface area contributed by atoms with Crippen LogP contribution in [0, 0.1) is 54.3 Å². The average molecular weight is 809 g/mol. The summed E-state index contributed by atoms with van der Waals surface area (Å²) in [6.45, 7) is 14.3. The molecule has 334 valence electrons. The van der Waals surface area contributed by atoms with E-state index in [-0.39, 0.29) is 0 Å². The molecule has 0 heterocycles. The molecule has 2 aromatic carbocycles. The summed E-state index contributed by atoms with van der Waals surface area (Å²) in [4.78, 5) is 0. The van der Waals surface area contributed by atoms with E-state index in [4.69, 9.17) is 4.74 Å². The second-order valence-corrected chi connectivity index (χ2v) is 21.1. The molecule has 1 nitrogen and oxygen atoms in total. The fourth-order valence-electron chi connectivity index (χ4n) is 13.1. The molecule has 1 heteroatoms. The van der Waals surface area contributed by atoms with Gasteiger partial charge in [-0.15, -0.1) is 0 Å². The van der Waals surface area contributed by atoms with Crippen LogP contribution in [0.25, 0.3) is 0 Å². The molecule has 0 atom stereocenters. The molecule has 59 heavy (non-hydrogen) atoms. The number of rotatable bonds is 15. The number of hydrogen-bond donors (Lipinski definition) is 0. The number of benzene rings is 2. The highest BCUT2D eigenvalue weighted by Crippen LogP contribution is 2.45. The lowest BCUT2D eigenvalue weighted by Gasteiger charge is -2.38. The molecule has 5 fully saturated rings. The van der Waals surface area contributed by atoms with Crippen molar-refractivity contribution >= 4 is 0 Å². The summed E-state index contributed by atoms with van der Waals surface area (Å²) < 4.78 is 5.50. The lowest BCUT2D eigenvalue weighted by Crippen LogP contribution is -2.25. The first-order valence-corrected chi connectivity index (χ1v) is 26.7. The normalized spacial score (nSPS) is 31.2. The van der Waals surface area contributed by atoms with Crippen LogP contribution >= 0.6 is 0 Å². The van der Waals surface area contributed by atoms with Crippen LogP contribution in [-0.2, 0) is 0 Å². The Bertz CT molecular complexity index is 1300. The van der Waals surface area contributed by atoms with E-state index >= 15 is 0 Å². The summed E-state index contributed by atoms with van der Waals surface area (Å²) in [7, 11) is 0. The predicted octanol–water partition coefficient (Wildman–Crippen LogP) is 18.6. The van der Waals surface area contributed by atoms with Gasteiger partial charge in [0, 0.05) is 0 Å². The Morgan fingerprint density at radius 1 is 0.373 bits per heavy atom. The molecule has 2 aromatic rings. The smallest absolute Gasteiger partial charge is 0.119 e. The lowest BCUT2D eigenvalue weighted by molar-refractivity contribution is 0.140. The second kappa shape index (κ2) is 27.3. The first kappa shape index (κ1) is 48.3. The van der Waals surface area contributed by atoms with Gasteiger partial charge in [0.1, 0.15) is 5.75 Å². The summed E-state index contributed by atoms with van der Waals surface area (Å²) >= 11 is 0. The van der Waals surface area contributed by atoms with Crippen LogP contribution in [-0.4, -0.2) is 6.61 Å². The van der Waals surface area contributed by atoms with Crippen molar-refractivity contribution in [1.29, 1.82) is 0 Å². The maximum atomic E-state index is 5.50. The van der Waals surface area contributed by atoms with E-state index in [2.05, 4.69) is 83.1 Å². The lowest BCUT2D eigenvalue weighted by atomic mass is 9.68. The highest BCUT2D eigenvalue weighted by atomic mass is 16.5. The minimum Gasteiger partial charge on any atom is -0.494 e. The Morgan fingerprint density at radius 2 is 0.695 bits per heavy atom. The van der Waals surface area contributed by atoms with Crippen LogP contribution < -0.4 is 4.74 Å². The van der Waals surface area contributed by atoms with Crippen LogP contribution in [0.2, 0.25) is 0 Å². The standard InChI is InChI=1S/C22H34.C19H36.C17H26O/c1-3-4-18-7-11-20(12-8-18)22-15-13-21(14-16-22)19-9-5-17(2)6-10-19;1-3-5-7-17-10-14-19(15-11-17)18-12-8-16(6-4-2)9-13-18;1-3-5-14-6-8-15(9-7-14)16-10-12-17(13-11-16)18-4-2/h5-6,9-10,18,20-22H,3-4,7-8,11-16H2,1-2H3;16-19H,3-15H2,1-2H3;10-15H,3-9H2,1-2H3. The summed E-state index contributed by atoms with van der Waals surface area (Å²) in [5.74, 6) is 11.2. The van der Waals surface area contributed by atoms with Gasteiger partial charge in [0.25, 0.3) is 0 Å². The molecule has 5 aliphatic rings. The van der Waals surface area contributed by atoms with E-state index < -0.39 is 0 Å². The highest BCUT2D eigenvalue weighted by Gasteiger charge is 2.32. The van der Waals surface area contributed by atoms with Crippen molar-refractivity contribution in [2.75, 3.05) is 6.61 Å². The molecule has 0 unspecified atom stereocenters. The summed E-state index contributed by atoms with van der Waals surface area (Å²) in [5.41, 5.74) is 4.49. The van der Waals surface area contributed by atoms with Crippen molar-refractivity contribution in [1.82, 2.24) is 0 Å². The zero-order valence-electron chi connectivity index (χ0n) is 40.0. The van der Waals surface area contributed by atoms with Gasteiger partial charge in [0.2, 0.25) is 0 Å². The van der Waals surface area contributed by atoms with Crippen molar-refractivity contribution in [2.45, 2.75) is 240 Å². The van der Waals surface area contributed by atoms with Gasteiger partial charge in [0.05, 0.1) is 6.61 Å². The molecule has 0 amide bonds. The zero-order chi connectivity index (χ0) is 41.7. The molecule has 5 aliphatic carbocycles. The van der Waals surface area contributed by atoms with Crippen molar-refractivity contribution in [3.05, 3.63) is 65.2 Å². The van der Waals surface area contributed by atoms with Crippen molar-refractivity contribution in [3.63, 3.8) is 0 Å². The predicted molar refractivity (Wildman–Crippen MR) is 259 cm³/mol. The molecule has 5 saturated carbocycles. The number of unbranched alkanes of at least 4 members (excludes halogenated alkanes) is 1. The zero-order valence-corrected chi connectivity index (χ0v) is 40.0. The molecular formula is C58H96O. The molecule has 0 N–H and O–H groups in total. The average Bonchev–Trinajstić information content (AvgIpc) is 3.28. The van der Waals surface area contributed by atoms with E-state index in [0.29, 0.717) is 0 Å². The maximum absolute atomic E-state index is 5.50. The first-order valence-electron chi connectivity index (χ1n) is 26.7. The summed E-state index contributed by atoms with van der Waals surface area (Å²) in [5, 5.41) is 0. The third-order valence-electron chi connectivity index (χ3n) is 16.9. The maximum Gasteiger partial charge on any atom is 0.119 e. The molecule has 7 rings (SSSR count). The number of hydrogen-bond acceptors (Lipinski definition) is 1. The van der Waals surface area contributed by atoms with Crippen LogP contribution in [0.4, 0.5) is 0 Å². The largest absolute Gasteiger partial charge is 0.494 e. The van der Waals surface area contributed by atoms with Gasteiger partial charge in [0.15, 0.2) is 0 Å². The van der Waals surface area contributed by atoms with E-state index in [0.717, 1.165) is 71.5 Å². The third kappa shape index (κ3) is 16.5. The van der Waals surface area contributed by atoms with Gasteiger partial charge in [-0.25, -0.2) is 0 Å². The fourth-order valence-corrected chi connectivity index (χ4v) is 13.1. The van der Waals surface area contributed by atoms with Crippen molar-refractivity contribution in [3.8, 4) is 5.75 Å². The first-order chi connectivity index (χ1) is 28.9. The Hall–Kier alpha value is -1.76. The van der Waals surface area contributed by atoms with Gasteiger partial charge < -0.3 is 4.74 Å². The Morgan fingerprint density at radius 3 is 1.05 bits per heavy atom. The third-order valence-corrected chi connectivity index (χ3v) is 16.9. The molecular weight excluding hydrogens is 713 g/mol. The monoisotopic (exact) mass is 809 g/mol. The van der Waals surface area contributed by atoms with Crippen molar-refractivity contribution in [2.24, 2.45) is 47.3 Å². The molecule has 0 aliphatic heterocycles. The van der Waals surface area contributed by atoms with Crippen LogP contribution in [0.1, 0.15) is 249 Å².